The Morgan fingerprint density at radius 3 is 2.69 bits per heavy atom. The van der Waals surface area contributed by atoms with Gasteiger partial charge in [-0.2, -0.15) is 5.10 Å². The van der Waals surface area contributed by atoms with Crippen LogP contribution in [0.3, 0.4) is 0 Å². The summed E-state index contributed by atoms with van der Waals surface area (Å²) < 4.78 is 56.5. The maximum Gasteiger partial charge on any atom is 0.246 e. The lowest BCUT2D eigenvalue weighted by Gasteiger charge is -2.32. The summed E-state index contributed by atoms with van der Waals surface area (Å²) in [5.41, 5.74) is 8.59. The topological polar surface area (TPSA) is 136 Å². The maximum atomic E-state index is 14.0. The Hall–Kier alpha value is -4.23. The summed E-state index contributed by atoms with van der Waals surface area (Å²) in [6.45, 7) is 4.53. The van der Waals surface area contributed by atoms with Crippen LogP contribution in [0.4, 0.5) is 14.6 Å². The van der Waals surface area contributed by atoms with Gasteiger partial charge in [-0.3, -0.25) is 4.79 Å². The van der Waals surface area contributed by atoms with Crippen molar-refractivity contribution in [2.75, 3.05) is 18.8 Å². The first-order valence-corrected chi connectivity index (χ1v) is 13.6. The van der Waals surface area contributed by atoms with Gasteiger partial charge in [-0.1, -0.05) is 30.8 Å². The maximum absolute atomic E-state index is 14.0. The summed E-state index contributed by atoms with van der Waals surface area (Å²) in [5, 5.41) is 5.39. The normalized spacial score (nSPS) is 15.9. The molecular weight excluding hydrogens is 528 g/mol. The average molecular weight is 554 g/mol. The van der Waals surface area contributed by atoms with Crippen molar-refractivity contribution < 1.29 is 22.0 Å². The fourth-order valence-corrected chi connectivity index (χ4v) is 5.76. The number of nitrogens with zero attached hydrogens (tertiary/aromatic N) is 5. The third-order valence-electron chi connectivity index (χ3n) is 6.62. The lowest BCUT2D eigenvalue weighted by atomic mass is 10.1. The van der Waals surface area contributed by atoms with E-state index in [1.165, 1.54) is 12.4 Å². The van der Waals surface area contributed by atoms with Gasteiger partial charge >= 0.3 is 0 Å². The highest BCUT2D eigenvalue weighted by atomic mass is 32.2. The van der Waals surface area contributed by atoms with Crippen LogP contribution in [0.25, 0.3) is 22.3 Å². The summed E-state index contributed by atoms with van der Waals surface area (Å²) in [6, 6.07) is 9.00. The molecule has 5 rings (SSSR count). The monoisotopic (exact) mass is 553 g/mol. The van der Waals surface area contributed by atoms with Crippen molar-refractivity contribution in [2.24, 2.45) is 0 Å². The molecule has 1 fully saturated rings. The Morgan fingerprint density at radius 1 is 1.18 bits per heavy atom. The second-order valence-corrected chi connectivity index (χ2v) is 10.9. The van der Waals surface area contributed by atoms with Gasteiger partial charge < -0.3 is 10.6 Å². The van der Waals surface area contributed by atoms with Gasteiger partial charge in [-0.25, -0.2) is 36.6 Å². The number of piperidine rings is 1. The molecule has 0 bridgehead atoms. The molecule has 0 radical (unpaired) electrons. The molecule has 202 valence electrons. The Kier molecular flexibility index (Phi) is 7.10. The zero-order valence-electron chi connectivity index (χ0n) is 20.7. The number of hydrogen-bond donors (Lipinski definition) is 2. The van der Waals surface area contributed by atoms with Crippen molar-refractivity contribution in [1.29, 1.82) is 0 Å². The molecule has 10 nitrogen and oxygen atoms in total. The van der Waals surface area contributed by atoms with Crippen LogP contribution in [0.5, 0.6) is 0 Å². The Labute approximate surface area is 223 Å². The fourth-order valence-electron chi connectivity index (χ4n) is 4.66. The lowest BCUT2D eigenvalue weighted by Crippen LogP contribution is -2.40. The van der Waals surface area contributed by atoms with Crippen molar-refractivity contribution in [3.63, 3.8) is 0 Å². The summed E-state index contributed by atoms with van der Waals surface area (Å²) in [5.74, 6) is -1.79. The number of sulfonamides is 1. The molecule has 1 unspecified atom stereocenters. The molecule has 3 heterocycles. The molecule has 1 saturated heterocycles. The number of nitrogen functional groups attached to an aromatic ring is 1. The van der Waals surface area contributed by atoms with Crippen molar-refractivity contribution in [2.45, 2.75) is 30.3 Å². The number of rotatable bonds is 7. The highest BCUT2D eigenvalue weighted by Gasteiger charge is 2.28. The van der Waals surface area contributed by atoms with Gasteiger partial charge in [0, 0.05) is 25.2 Å². The second kappa shape index (κ2) is 10.5. The highest BCUT2D eigenvalue weighted by molar-refractivity contribution is 7.89. The Balaban J connectivity index is 1.41. The van der Waals surface area contributed by atoms with Gasteiger partial charge in [0.25, 0.3) is 0 Å². The van der Waals surface area contributed by atoms with Gasteiger partial charge in [-0.15, -0.1) is 0 Å². The minimum Gasteiger partial charge on any atom is -0.383 e. The predicted octanol–water partition coefficient (Wildman–Crippen LogP) is 3.18. The minimum atomic E-state index is -4.28. The quantitative estimate of drug-likeness (QED) is 0.336. The highest BCUT2D eigenvalue weighted by Crippen LogP contribution is 2.34. The van der Waals surface area contributed by atoms with E-state index >= 15 is 0 Å². The van der Waals surface area contributed by atoms with E-state index in [9.17, 15) is 22.0 Å². The van der Waals surface area contributed by atoms with Crippen molar-refractivity contribution >= 4 is 32.8 Å². The molecule has 1 aliphatic heterocycles. The zero-order valence-corrected chi connectivity index (χ0v) is 21.5. The van der Waals surface area contributed by atoms with Crippen LogP contribution in [-0.4, -0.2) is 52.1 Å². The van der Waals surface area contributed by atoms with E-state index in [-0.39, 0.29) is 24.3 Å². The number of nitrogens with one attached hydrogen (secondary N) is 1. The molecule has 1 amide bonds. The number of benzene rings is 2. The van der Waals surface area contributed by atoms with E-state index in [2.05, 4.69) is 21.3 Å². The number of nitrogens with two attached hydrogens (primary N) is 1. The predicted molar refractivity (Wildman–Crippen MR) is 141 cm³/mol. The lowest BCUT2D eigenvalue weighted by molar-refractivity contribution is -0.127. The fraction of sp³-hybridized carbons (Fsp3) is 0.231. The van der Waals surface area contributed by atoms with Crippen LogP contribution < -0.4 is 10.5 Å². The van der Waals surface area contributed by atoms with Gasteiger partial charge in [0.05, 0.1) is 11.4 Å². The van der Waals surface area contributed by atoms with Crippen LogP contribution in [0.15, 0.2) is 66.3 Å². The van der Waals surface area contributed by atoms with E-state index in [1.807, 2.05) is 0 Å². The van der Waals surface area contributed by atoms with Crippen LogP contribution in [0.2, 0.25) is 0 Å². The number of halogens is 2. The van der Waals surface area contributed by atoms with Gasteiger partial charge in [0.1, 0.15) is 34.4 Å². The number of likely N-dealkylation sites (tertiary alicyclic amines) is 1. The van der Waals surface area contributed by atoms with Crippen LogP contribution in [-0.2, 0) is 21.4 Å². The van der Waals surface area contributed by atoms with Crippen molar-refractivity contribution in [3.05, 3.63) is 78.6 Å². The minimum absolute atomic E-state index is 0.120. The third-order valence-corrected chi connectivity index (χ3v) is 8.04. The summed E-state index contributed by atoms with van der Waals surface area (Å²) in [7, 11) is -4.28. The molecule has 2 aromatic heterocycles. The molecule has 4 aromatic rings. The largest absolute Gasteiger partial charge is 0.383 e. The molecule has 1 atom stereocenters. The molecule has 2 aromatic carbocycles. The molecule has 13 heteroatoms. The number of fused-ring (bicyclic) bond motifs is 1. The smallest absolute Gasteiger partial charge is 0.246 e. The molecule has 0 spiro atoms. The van der Waals surface area contributed by atoms with Crippen molar-refractivity contribution in [1.82, 2.24) is 29.4 Å². The number of carbonyl (C=O) groups excluding carboxylic acids is 1. The molecule has 1 aliphatic rings. The number of carbonyl (C=O) groups is 1. The third kappa shape index (κ3) is 5.22. The first-order valence-electron chi connectivity index (χ1n) is 12.1. The van der Waals surface area contributed by atoms with Crippen LogP contribution in [0, 0.1) is 11.6 Å². The first kappa shape index (κ1) is 26.4. The van der Waals surface area contributed by atoms with E-state index in [0.717, 1.165) is 25.0 Å². The van der Waals surface area contributed by atoms with Gasteiger partial charge in [0.15, 0.2) is 5.65 Å². The first-order chi connectivity index (χ1) is 18.7. The van der Waals surface area contributed by atoms with E-state index < -0.39 is 26.6 Å². The zero-order chi connectivity index (χ0) is 27.7. The second-order valence-electron chi connectivity index (χ2n) is 9.13. The summed E-state index contributed by atoms with van der Waals surface area (Å²) >= 11 is 0. The Bertz CT molecular complexity index is 1670. The van der Waals surface area contributed by atoms with Gasteiger partial charge in [-0.05, 0) is 42.7 Å². The van der Waals surface area contributed by atoms with E-state index in [0.29, 0.717) is 47.0 Å². The number of anilines is 1. The van der Waals surface area contributed by atoms with Crippen molar-refractivity contribution in [3.8, 4) is 11.3 Å². The SMILES string of the molecule is C=CC(=O)N1CCCC(n2nc(-c3ccc(CNS(=O)(=O)c4cc(F)ccc4F)cc3)c3c(N)ncnc32)C1. The number of amides is 1. The molecule has 39 heavy (non-hydrogen) atoms. The average Bonchev–Trinajstić information content (AvgIpc) is 3.34. The molecule has 0 aliphatic carbocycles. The number of aromatic nitrogens is 4. The van der Waals surface area contributed by atoms with E-state index in [4.69, 9.17) is 10.8 Å². The van der Waals surface area contributed by atoms with Gasteiger partial charge in [0.2, 0.25) is 15.9 Å². The molecular formula is C26H25F2N7O3S. The van der Waals surface area contributed by atoms with Crippen LogP contribution >= 0.6 is 0 Å². The van der Waals surface area contributed by atoms with Crippen LogP contribution in [0.1, 0.15) is 24.4 Å². The molecule has 0 saturated carbocycles. The Morgan fingerprint density at radius 2 is 1.95 bits per heavy atom. The standard InChI is InChI=1S/C26H25F2N7O3S/c1-2-22(36)34-11-3-4-19(14-34)35-26-23(25(29)30-15-31-26)24(33-35)17-7-5-16(6-8-17)13-32-39(37,38)21-12-18(27)9-10-20(21)28/h2,5-10,12,15,19,32H,1,3-4,11,13-14H2,(H2,29,30,31). The summed E-state index contributed by atoms with van der Waals surface area (Å²) in [4.78, 5) is 21.7. The number of hydrogen-bond acceptors (Lipinski definition) is 7. The summed E-state index contributed by atoms with van der Waals surface area (Å²) in [6.07, 6.45) is 4.26. The van der Waals surface area contributed by atoms with E-state index in [1.54, 1.807) is 33.8 Å². The molecule has 3 N–H and O–H groups in total.